The van der Waals surface area contributed by atoms with Gasteiger partial charge in [0.05, 0.1) is 12.1 Å². The lowest BCUT2D eigenvalue weighted by Gasteiger charge is -2.14. The molecule has 1 aliphatic rings. The number of rotatable bonds is 2. The standard InChI is InChI=1S/C11H11N3O/c12-5-9(11(13)15)10-8-4-2-1-3-7(8)6-14-10/h1-4,9-10,14H,6H2,(H2,13,15). The van der Waals surface area contributed by atoms with Crippen molar-refractivity contribution < 1.29 is 4.79 Å². The predicted octanol–water partition coefficient (Wildman–Crippen LogP) is 0.456. The Bertz CT molecular complexity index is 436. The first-order chi connectivity index (χ1) is 7.24. The van der Waals surface area contributed by atoms with Gasteiger partial charge in [-0.1, -0.05) is 24.3 Å². The van der Waals surface area contributed by atoms with Crippen LogP contribution in [0.5, 0.6) is 0 Å². The molecule has 1 amide bonds. The summed E-state index contributed by atoms with van der Waals surface area (Å²) in [7, 11) is 0. The summed E-state index contributed by atoms with van der Waals surface area (Å²) in [5, 5.41) is 12.0. The highest BCUT2D eigenvalue weighted by Gasteiger charge is 2.32. The van der Waals surface area contributed by atoms with Gasteiger partial charge in [-0.05, 0) is 11.1 Å². The second-order valence-electron chi connectivity index (χ2n) is 3.57. The summed E-state index contributed by atoms with van der Waals surface area (Å²) >= 11 is 0. The molecule has 15 heavy (non-hydrogen) atoms. The second-order valence-corrected chi connectivity index (χ2v) is 3.57. The number of nitrogens with zero attached hydrogens (tertiary/aromatic N) is 1. The number of hydrogen-bond donors (Lipinski definition) is 2. The summed E-state index contributed by atoms with van der Waals surface area (Å²) in [4.78, 5) is 11.1. The highest BCUT2D eigenvalue weighted by atomic mass is 16.1. The first-order valence-electron chi connectivity index (χ1n) is 4.74. The monoisotopic (exact) mass is 201 g/mol. The van der Waals surface area contributed by atoms with Crippen molar-refractivity contribution >= 4 is 5.91 Å². The van der Waals surface area contributed by atoms with E-state index in [-0.39, 0.29) is 6.04 Å². The first-order valence-corrected chi connectivity index (χ1v) is 4.74. The lowest BCUT2D eigenvalue weighted by Crippen LogP contribution is -2.32. The number of fused-ring (bicyclic) bond motifs is 1. The Kier molecular flexibility index (Phi) is 2.40. The van der Waals surface area contributed by atoms with Crippen LogP contribution in [0.2, 0.25) is 0 Å². The molecule has 0 saturated heterocycles. The van der Waals surface area contributed by atoms with Crippen molar-refractivity contribution in [2.45, 2.75) is 12.6 Å². The lowest BCUT2D eigenvalue weighted by atomic mass is 9.94. The zero-order valence-corrected chi connectivity index (χ0v) is 8.10. The molecule has 4 heteroatoms. The molecule has 76 valence electrons. The number of primary amides is 1. The number of hydrogen-bond acceptors (Lipinski definition) is 3. The van der Waals surface area contributed by atoms with Crippen LogP contribution in [0.25, 0.3) is 0 Å². The van der Waals surface area contributed by atoms with Crippen molar-refractivity contribution in [2.75, 3.05) is 0 Å². The van der Waals surface area contributed by atoms with Crippen LogP contribution in [0.3, 0.4) is 0 Å². The molecular weight excluding hydrogens is 190 g/mol. The van der Waals surface area contributed by atoms with E-state index in [0.29, 0.717) is 6.54 Å². The molecule has 2 unspecified atom stereocenters. The van der Waals surface area contributed by atoms with Gasteiger partial charge in [0, 0.05) is 6.54 Å². The summed E-state index contributed by atoms with van der Waals surface area (Å²) in [5.74, 6) is -1.37. The third kappa shape index (κ3) is 1.58. The van der Waals surface area contributed by atoms with Crippen LogP contribution >= 0.6 is 0 Å². The molecule has 1 aromatic rings. The molecule has 0 fully saturated rings. The highest BCUT2D eigenvalue weighted by Crippen LogP contribution is 2.30. The van der Waals surface area contributed by atoms with Gasteiger partial charge < -0.3 is 11.1 Å². The molecule has 0 saturated carbocycles. The van der Waals surface area contributed by atoms with E-state index in [1.807, 2.05) is 30.3 Å². The van der Waals surface area contributed by atoms with Crippen LogP contribution in [0.4, 0.5) is 0 Å². The van der Waals surface area contributed by atoms with Crippen LogP contribution in [0.1, 0.15) is 17.2 Å². The fraction of sp³-hybridized carbons (Fsp3) is 0.273. The molecule has 1 heterocycles. The maximum Gasteiger partial charge on any atom is 0.236 e. The van der Waals surface area contributed by atoms with E-state index < -0.39 is 11.8 Å². The summed E-state index contributed by atoms with van der Waals surface area (Å²) < 4.78 is 0. The molecule has 0 aromatic heterocycles. The zero-order chi connectivity index (χ0) is 10.8. The summed E-state index contributed by atoms with van der Waals surface area (Å²) in [5.41, 5.74) is 7.31. The number of carbonyl (C=O) groups excluding carboxylic acids is 1. The zero-order valence-electron chi connectivity index (χ0n) is 8.10. The van der Waals surface area contributed by atoms with Crippen molar-refractivity contribution in [2.24, 2.45) is 11.7 Å². The van der Waals surface area contributed by atoms with Crippen molar-refractivity contribution in [3.05, 3.63) is 35.4 Å². The Labute approximate surface area is 87.7 Å². The number of amides is 1. The first kappa shape index (κ1) is 9.69. The van der Waals surface area contributed by atoms with E-state index >= 15 is 0 Å². The second kappa shape index (κ2) is 3.71. The largest absolute Gasteiger partial charge is 0.368 e. The normalized spacial score (nSPS) is 20.3. The Balaban J connectivity index is 2.35. The van der Waals surface area contributed by atoms with Gasteiger partial charge in [0.25, 0.3) is 0 Å². The Morgan fingerprint density at radius 3 is 3.00 bits per heavy atom. The third-order valence-electron chi connectivity index (χ3n) is 2.68. The highest BCUT2D eigenvalue weighted by molar-refractivity contribution is 5.80. The number of benzene rings is 1. The van der Waals surface area contributed by atoms with E-state index in [4.69, 9.17) is 11.0 Å². The third-order valence-corrected chi connectivity index (χ3v) is 2.68. The van der Waals surface area contributed by atoms with Gasteiger partial charge in [0.1, 0.15) is 5.92 Å². The van der Waals surface area contributed by atoms with E-state index in [1.165, 1.54) is 0 Å². The van der Waals surface area contributed by atoms with Gasteiger partial charge >= 0.3 is 0 Å². The molecule has 0 spiro atoms. The maximum atomic E-state index is 11.1. The molecule has 4 nitrogen and oxygen atoms in total. The van der Waals surface area contributed by atoms with Crippen LogP contribution in [-0.2, 0) is 11.3 Å². The Morgan fingerprint density at radius 2 is 2.33 bits per heavy atom. The minimum atomic E-state index is -0.798. The van der Waals surface area contributed by atoms with E-state index in [1.54, 1.807) is 0 Å². The molecule has 0 bridgehead atoms. The fourth-order valence-corrected chi connectivity index (χ4v) is 1.93. The molecule has 2 rings (SSSR count). The van der Waals surface area contributed by atoms with Gasteiger partial charge in [-0.15, -0.1) is 0 Å². The van der Waals surface area contributed by atoms with Crippen molar-refractivity contribution in [3.8, 4) is 6.07 Å². The molecule has 0 radical (unpaired) electrons. The predicted molar refractivity (Wildman–Crippen MR) is 54.3 cm³/mol. The smallest absolute Gasteiger partial charge is 0.236 e. The quantitative estimate of drug-likeness (QED) is 0.729. The summed E-state index contributed by atoms with van der Waals surface area (Å²) in [6, 6.07) is 9.43. The van der Waals surface area contributed by atoms with E-state index in [2.05, 4.69) is 5.32 Å². The SMILES string of the molecule is N#CC(C(N)=O)C1NCc2ccccc21. The molecule has 2 atom stereocenters. The maximum absolute atomic E-state index is 11.1. The average molecular weight is 201 g/mol. The minimum absolute atomic E-state index is 0.260. The lowest BCUT2D eigenvalue weighted by molar-refractivity contribution is -0.120. The molecule has 3 N–H and O–H groups in total. The minimum Gasteiger partial charge on any atom is -0.368 e. The van der Waals surface area contributed by atoms with Crippen LogP contribution in [-0.4, -0.2) is 5.91 Å². The number of nitrogens with two attached hydrogens (primary N) is 1. The van der Waals surface area contributed by atoms with Crippen LogP contribution in [0.15, 0.2) is 24.3 Å². The number of carbonyl (C=O) groups is 1. The van der Waals surface area contributed by atoms with Gasteiger partial charge in [0.15, 0.2) is 0 Å². The topological polar surface area (TPSA) is 78.9 Å². The van der Waals surface area contributed by atoms with Gasteiger partial charge in [-0.2, -0.15) is 5.26 Å². The fourth-order valence-electron chi connectivity index (χ4n) is 1.93. The molecule has 1 aromatic carbocycles. The number of nitrogens with one attached hydrogen (secondary N) is 1. The van der Waals surface area contributed by atoms with E-state index in [9.17, 15) is 4.79 Å². The molecule has 1 aliphatic heterocycles. The molecule has 0 aliphatic carbocycles. The Hall–Kier alpha value is -1.86. The van der Waals surface area contributed by atoms with Crippen LogP contribution < -0.4 is 11.1 Å². The van der Waals surface area contributed by atoms with Crippen LogP contribution in [0, 0.1) is 17.2 Å². The van der Waals surface area contributed by atoms with Crippen molar-refractivity contribution in [1.82, 2.24) is 5.32 Å². The van der Waals surface area contributed by atoms with Gasteiger partial charge in [0.2, 0.25) is 5.91 Å². The van der Waals surface area contributed by atoms with Gasteiger partial charge in [-0.3, -0.25) is 4.79 Å². The van der Waals surface area contributed by atoms with E-state index in [0.717, 1.165) is 11.1 Å². The van der Waals surface area contributed by atoms with Crippen molar-refractivity contribution in [1.29, 1.82) is 5.26 Å². The number of nitriles is 1. The molecular formula is C11H11N3O. The Morgan fingerprint density at radius 1 is 1.60 bits per heavy atom. The van der Waals surface area contributed by atoms with Gasteiger partial charge in [-0.25, -0.2) is 0 Å². The van der Waals surface area contributed by atoms with Crippen molar-refractivity contribution in [3.63, 3.8) is 0 Å². The summed E-state index contributed by atoms with van der Waals surface area (Å²) in [6.07, 6.45) is 0. The average Bonchev–Trinajstić information content (AvgIpc) is 2.63. The summed E-state index contributed by atoms with van der Waals surface area (Å²) in [6.45, 7) is 0.687.